The number of hydrogen-bond donors (Lipinski definition) is 0. The third-order valence-corrected chi connectivity index (χ3v) is 3.89. The highest BCUT2D eigenvalue weighted by molar-refractivity contribution is 8.13. The second kappa shape index (κ2) is 7.23. The molecule has 0 saturated carbocycles. The first kappa shape index (κ1) is 18.6. The molecule has 1 rings (SSSR count). The first-order valence-electron chi connectivity index (χ1n) is 5.22. The molecule has 0 aliphatic heterocycles. The zero-order valence-electron chi connectivity index (χ0n) is 10.1. The van der Waals surface area contributed by atoms with E-state index < -0.39 is 21.8 Å². The van der Waals surface area contributed by atoms with E-state index in [1.807, 2.05) is 0 Å². The Labute approximate surface area is 133 Å². The van der Waals surface area contributed by atoms with Crippen LogP contribution in [0.5, 0.6) is 5.75 Å². The Kier molecular flexibility index (Phi) is 6.42. The van der Waals surface area contributed by atoms with Crippen molar-refractivity contribution in [1.29, 1.82) is 0 Å². The lowest BCUT2D eigenvalue weighted by molar-refractivity contribution is -0.175. The highest BCUT2D eigenvalue weighted by Gasteiger charge is 2.27. The van der Waals surface area contributed by atoms with Crippen LogP contribution in [0.4, 0.5) is 13.2 Å². The molecule has 1 aromatic rings. The number of hydrogen-bond acceptors (Lipinski definition) is 4. The molecule has 0 radical (unpaired) electrons. The molecule has 0 fully saturated rings. The van der Waals surface area contributed by atoms with Crippen molar-refractivity contribution in [3.63, 3.8) is 0 Å². The summed E-state index contributed by atoms with van der Waals surface area (Å²) < 4.78 is 67.1. The molecule has 1 aromatic carbocycles. The van der Waals surface area contributed by atoms with Gasteiger partial charge >= 0.3 is 6.18 Å². The highest BCUT2D eigenvalue weighted by atomic mass is 35.7. The lowest BCUT2D eigenvalue weighted by Crippen LogP contribution is -2.19. The fourth-order valence-corrected chi connectivity index (χ4v) is 2.72. The minimum atomic E-state index is -4.42. The third-order valence-electron chi connectivity index (χ3n) is 1.99. The molecule has 21 heavy (non-hydrogen) atoms. The fourth-order valence-electron chi connectivity index (χ4n) is 1.21. The molecule has 0 aliphatic rings. The van der Waals surface area contributed by atoms with Crippen molar-refractivity contribution in [2.24, 2.45) is 0 Å². The van der Waals surface area contributed by atoms with E-state index in [2.05, 4.69) is 4.74 Å². The van der Waals surface area contributed by atoms with Crippen LogP contribution in [0.15, 0.2) is 17.0 Å². The van der Waals surface area contributed by atoms with Crippen LogP contribution in [-0.2, 0) is 13.8 Å². The van der Waals surface area contributed by atoms with Gasteiger partial charge in [0.25, 0.3) is 9.05 Å². The molecule has 0 unspecified atom stereocenters. The zero-order valence-corrected chi connectivity index (χ0v) is 13.2. The molecule has 120 valence electrons. The number of alkyl halides is 3. The lowest BCUT2D eigenvalue weighted by atomic mass is 10.3. The van der Waals surface area contributed by atoms with E-state index in [0.29, 0.717) is 0 Å². The Morgan fingerprint density at radius 2 is 1.62 bits per heavy atom. The summed E-state index contributed by atoms with van der Waals surface area (Å²) in [5.74, 6) is -0.0713. The molecule has 0 heterocycles. The molecule has 4 nitrogen and oxygen atoms in total. The van der Waals surface area contributed by atoms with E-state index in [-0.39, 0.29) is 33.9 Å². The maximum atomic E-state index is 11.8. The number of benzene rings is 1. The molecule has 0 N–H and O–H groups in total. The Bertz CT molecular complexity index is 581. The smallest absolute Gasteiger partial charge is 0.411 e. The summed E-state index contributed by atoms with van der Waals surface area (Å²) in [6, 6.07) is 2.03. The summed E-state index contributed by atoms with van der Waals surface area (Å²) in [7, 11) is 1.12. The molecule has 11 heteroatoms. The molecular formula is C10H8Cl3F3O4S. The molecular weight excluding hydrogens is 380 g/mol. The van der Waals surface area contributed by atoms with Crippen molar-refractivity contribution >= 4 is 42.9 Å². The summed E-state index contributed by atoms with van der Waals surface area (Å²) in [4.78, 5) is -0.320. The molecule has 0 saturated heterocycles. The van der Waals surface area contributed by atoms with Gasteiger partial charge in [-0.2, -0.15) is 13.2 Å². The number of halogens is 6. The van der Waals surface area contributed by atoms with Gasteiger partial charge in [0, 0.05) is 10.7 Å². The van der Waals surface area contributed by atoms with Crippen LogP contribution >= 0.6 is 33.9 Å². The van der Waals surface area contributed by atoms with Crippen LogP contribution in [0.3, 0.4) is 0 Å². The van der Waals surface area contributed by atoms with Crippen molar-refractivity contribution in [2.45, 2.75) is 11.1 Å². The van der Waals surface area contributed by atoms with Gasteiger partial charge in [0.05, 0.1) is 21.5 Å². The lowest BCUT2D eigenvalue weighted by Gasteiger charge is -2.12. The van der Waals surface area contributed by atoms with Gasteiger partial charge in [-0.05, 0) is 12.1 Å². The molecule has 0 bridgehead atoms. The van der Waals surface area contributed by atoms with Crippen LogP contribution < -0.4 is 4.74 Å². The van der Waals surface area contributed by atoms with Gasteiger partial charge in [-0.15, -0.1) is 0 Å². The second-order valence-corrected chi connectivity index (χ2v) is 7.05. The Morgan fingerprint density at radius 1 is 1.10 bits per heavy atom. The van der Waals surface area contributed by atoms with E-state index in [0.717, 1.165) is 12.1 Å². The standard InChI is InChI=1S/C10H8Cl3F3O4S/c11-7-3-6(21(13,17)18)4-8(12)9(7)20-2-1-19-5-10(14,15)16/h3-4H,1-2,5H2. The molecule has 0 aromatic heterocycles. The van der Waals surface area contributed by atoms with Gasteiger partial charge in [-0.1, -0.05) is 23.2 Å². The zero-order chi connectivity index (χ0) is 16.3. The summed E-state index contributed by atoms with van der Waals surface area (Å²) >= 11 is 11.5. The van der Waals surface area contributed by atoms with E-state index in [1.54, 1.807) is 0 Å². The van der Waals surface area contributed by atoms with Gasteiger partial charge in [0.15, 0.2) is 5.75 Å². The van der Waals surface area contributed by atoms with Gasteiger partial charge in [-0.25, -0.2) is 8.42 Å². The minimum absolute atomic E-state index is 0.0713. The maximum Gasteiger partial charge on any atom is 0.411 e. The van der Waals surface area contributed by atoms with Crippen molar-refractivity contribution < 1.29 is 31.1 Å². The van der Waals surface area contributed by atoms with Crippen molar-refractivity contribution in [3.05, 3.63) is 22.2 Å². The van der Waals surface area contributed by atoms with Crippen molar-refractivity contribution in [3.8, 4) is 5.75 Å². The Balaban J connectivity index is 2.65. The van der Waals surface area contributed by atoms with Crippen LogP contribution in [-0.4, -0.2) is 34.4 Å². The normalized spacial score (nSPS) is 12.5. The van der Waals surface area contributed by atoms with E-state index in [4.69, 9.17) is 38.6 Å². The first-order chi connectivity index (χ1) is 9.50. The van der Waals surface area contributed by atoms with Gasteiger partial charge in [-0.3, -0.25) is 0 Å². The monoisotopic (exact) mass is 386 g/mol. The second-order valence-electron chi connectivity index (χ2n) is 3.67. The molecule has 0 spiro atoms. The maximum absolute atomic E-state index is 11.8. The number of rotatable bonds is 6. The predicted octanol–water partition coefficient (Wildman–Crippen LogP) is 3.88. The third kappa shape index (κ3) is 6.48. The number of ether oxygens (including phenoxy) is 2. The van der Waals surface area contributed by atoms with Crippen molar-refractivity contribution in [1.82, 2.24) is 0 Å². The van der Waals surface area contributed by atoms with Gasteiger partial charge in [0.1, 0.15) is 13.2 Å². The molecule has 0 aliphatic carbocycles. The SMILES string of the molecule is O=S(=O)(Cl)c1cc(Cl)c(OCCOCC(F)(F)F)c(Cl)c1. The topological polar surface area (TPSA) is 52.6 Å². The quantitative estimate of drug-likeness (QED) is 0.549. The van der Waals surface area contributed by atoms with E-state index >= 15 is 0 Å². The largest absolute Gasteiger partial charge is 0.488 e. The molecule has 0 atom stereocenters. The predicted molar refractivity (Wildman–Crippen MR) is 71.9 cm³/mol. The summed E-state index contributed by atoms with van der Waals surface area (Å²) in [6.45, 7) is -1.99. The Morgan fingerprint density at radius 3 is 2.05 bits per heavy atom. The first-order valence-corrected chi connectivity index (χ1v) is 8.28. The summed E-state index contributed by atoms with van der Waals surface area (Å²) in [5, 5.41) is -0.282. The van der Waals surface area contributed by atoms with Gasteiger partial charge < -0.3 is 9.47 Å². The van der Waals surface area contributed by atoms with Crippen LogP contribution in [0, 0.1) is 0 Å². The summed E-state index contributed by atoms with van der Waals surface area (Å²) in [5.41, 5.74) is 0. The minimum Gasteiger partial charge on any atom is -0.488 e. The summed E-state index contributed by atoms with van der Waals surface area (Å²) in [6.07, 6.45) is -4.42. The van der Waals surface area contributed by atoms with E-state index in [9.17, 15) is 21.6 Å². The highest BCUT2D eigenvalue weighted by Crippen LogP contribution is 2.36. The average molecular weight is 388 g/mol. The average Bonchev–Trinajstić information content (AvgIpc) is 2.28. The van der Waals surface area contributed by atoms with Crippen LogP contribution in [0.1, 0.15) is 0 Å². The molecule has 0 amide bonds. The van der Waals surface area contributed by atoms with Crippen LogP contribution in [0.25, 0.3) is 0 Å². The fraction of sp³-hybridized carbons (Fsp3) is 0.400. The van der Waals surface area contributed by atoms with Crippen molar-refractivity contribution in [2.75, 3.05) is 19.8 Å². The van der Waals surface area contributed by atoms with Crippen LogP contribution in [0.2, 0.25) is 10.0 Å². The van der Waals surface area contributed by atoms with E-state index in [1.165, 1.54) is 0 Å². The Hall–Kier alpha value is -0.410. The van der Waals surface area contributed by atoms with Gasteiger partial charge in [0.2, 0.25) is 0 Å².